The van der Waals surface area contributed by atoms with Crippen LogP contribution in [0.1, 0.15) is 33.3 Å². The Labute approximate surface area is 194 Å². The zero-order valence-corrected chi connectivity index (χ0v) is 18.5. The molecule has 5 rings (SSSR count). The number of benzene rings is 2. The number of Topliss-reactive ketones (excluding diaryl/α,β-unsaturated/α-hetero) is 1. The monoisotopic (exact) mass is 465 g/mol. The van der Waals surface area contributed by atoms with Crippen molar-refractivity contribution >= 4 is 34.7 Å². The van der Waals surface area contributed by atoms with Gasteiger partial charge in [-0.2, -0.15) is 0 Å². The molecule has 0 spiro atoms. The van der Waals surface area contributed by atoms with Gasteiger partial charge in [-0.15, -0.1) is 10.2 Å². The van der Waals surface area contributed by atoms with E-state index < -0.39 is 5.92 Å². The van der Waals surface area contributed by atoms with Gasteiger partial charge in [0.05, 0.1) is 5.92 Å². The number of fused-ring (bicyclic) bond motifs is 1. The number of halogens is 2. The number of aromatic nitrogens is 4. The Morgan fingerprint density at radius 3 is 2.72 bits per heavy atom. The molecule has 1 aliphatic heterocycles. The van der Waals surface area contributed by atoms with E-state index in [4.69, 9.17) is 27.6 Å². The molecule has 0 saturated heterocycles. The predicted molar refractivity (Wildman–Crippen MR) is 121 cm³/mol. The molecule has 1 atom stereocenters. The summed E-state index contributed by atoms with van der Waals surface area (Å²) in [6, 6.07) is 13.2. The Hall–Kier alpha value is -3.29. The van der Waals surface area contributed by atoms with Crippen molar-refractivity contribution in [2.45, 2.75) is 19.4 Å². The molecular formula is C23H17Cl2N5O2. The van der Waals surface area contributed by atoms with Crippen molar-refractivity contribution in [1.29, 1.82) is 0 Å². The van der Waals surface area contributed by atoms with Crippen LogP contribution in [-0.2, 0) is 6.54 Å². The molecule has 9 heteroatoms. The normalized spacial score (nSPS) is 15.1. The average molecular weight is 466 g/mol. The average Bonchev–Trinajstić information content (AvgIpc) is 3.41. The number of carbonyl (C=O) groups excluding carboxylic acids is 1. The Balaban J connectivity index is 1.45. The van der Waals surface area contributed by atoms with E-state index in [1.807, 2.05) is 37.3 Å². The summed E-state index contributed by atoms with van der Waals surface area (Å²) in [5.74, 6) is -0.351. The molecule has 0 aliphatic carbocycles. The first-order chi connectivity index (χ1) is 15.5. The molecule has 1 aliphatic rings. The van der Waals surface area contributed by atoms with Crippen LogP contribution in [0.15, 0.2) is 59.3 Å². The van der Waals surface area contributed by atoms with E-state index in [0.717, 1.165) is 22.4 Å². The summed E-state index contributed by atoms with van der Waals surface area (Å²) in [4.78, 5) is 23.7. The Morgan fingerprint density at radius 1 is 1.12 bits per heavy atom. The Kier molecular flexibility index (Phi) is 5.36. The topological polar surface area (TPSA) is 85.0 Å². The van der Waals surface area contributed by atoms with Crippen LogP contribution in [0.3, 0.4) is 0 Å². The summed E-state index contributed by atoms with van der Waals surface area (Å²) in [6.45, 7) is 3.01. The summed E-state index contributed by atoms with van der Waals surface area (Å²) in [6.07, 6.45) is 3.15. The highest BCUT2D eigenvalue weighted by Gasteiger charge is 2.37. The molecule has 32 heavy (non-hydrogen) atoms. The first-order valence-corrected chi connectivity index (χ1v) is 10.7. The van der Waals surface area contributed by atoms with Gasteiger partial charge in [-0.25, -0.2) is 9.97 Å². The lowest BCUT2D eigenvalue weighted by atomic mass is 9.95. The second kappa shape index (κ2) is 8.33. The molecule has 3 heterocycles. The molecule has 0 amide bonds. The molecule has 0 N–H and O–H groups in total. The molecule has 7 nitrogen and oxygen atoms in total. The lowest BCUT2D eigenvalue weighted by molar-refractivity contribution is 0.0931. The summed E-state index contributed by atoms with van der Waals surface area (Å²) >= 11 is 12.4. The number of aryl methyl sites for hydroxylation is 1. The van der Waals surface area contributed by atoms with Gasteiger partial charge in [0.15, 0.2) is 0 Å². The maximum atomic E-state index is 13.4. The van der Waals surface area contributed by atoms with E-state index >= 15 is 0 Å². The standard InChI is InChI=1S/C23H17Cl2N5O2/c1-13-3-6-19-16(9-13)17(12-30(19)11-14-4-5-15(24)10-18(14)25)20(31)22-28-29-23(32-22)21-26-7-2-8-27-21/h2-10,17H,11-12H2,1H3. The van der Waals surface area contributed by atoms with Crippen molar-refractivity contribution in [3.8, 4) is 11.7 Å². The van der Waals surface area contributed by atoms with Crippen LogP contribution in [0.4, 0.5) is 5.69 Å². The molecule has 0 fully saturated rings. The molecule has 0 radical (unpaired) electrons. The Morgan fingerprint density at radius 2 is 1.94 bits per heavy atom. The van der Waals surface area contributed by atoms with Crippen LogP contribution < -0.4 is 4.90 Å². The highest BCUT2D eigenvalue weighted by atomic mass is 35.5. The molecule has 2 aromatic carbocycles. The lowest BCUT2D eigenvalue weighted by Crippen LogP contribution is -2.24. The van der Waals surface area contributed by atoms with Crippen LogP contribution in [0.5, 0.6) is 0 Å². The van der Waals surface area contributed by atoms with Gasteiger partial charge in [-0.1, -0.05) is 47.0 Å². The van der Waals surface area contributed by atoms with Gasteiger partial charge in [-0.05, 0) is 42.3 Å². The van der Waals surface area contributed by atoms with Crippen LogP contribution in [0.25, 0.3) is 11.7 Å². The number of carbonyl (C=O) groups is 1. The van der Waals surface area contributed by atoms with Gasteiger partial charge in [-0.3, -0.25) is 4.79 Å². The van der Waals surface area contributed by atoms with E-state index in [9.17, 15) is 4.79 Å². The number of nitrogens with zero attached hydrogens (tertiary/aromatic N) is 5. The second-order valence-electron chi connectivity index (χ2n) is 7.58. The van der Waals surface area contributed by atoms with Crippen molar-refractivity contribution in [2.75, 3.05) is 11.4 Å². The number of ketones is 1. The highest BCUT2D eigenvalue weighted by Crippen LogP contribution is 2.40. The molecule has 0 saturated carbocycles. The van der Waals surface area contributed by atoms with E-state index in [2.05, 4.69) is 25.1 Å². The van der Waals surface area contributed by atoms with Crippen molar-refractivity contribution in [3.05, 3.63) is 87.5 Å². The van der Waals surface area contributed by atoms with Crippen LogP contribution in [0, 0.1) is 6.92 Å². The van der Waals surface area contributed by atoms with E-state index in [0.29, 0.717) is 23.1 Å². The largest absolute Gasteiger partial charge is 0.411 e. The minimum Gasteiger partial charge on any atom is -0.411 e. The summed E-state index contributed by atoms with van der Waals surface area (Å²) in [5.41, 5.74) is 3.90. The SMILES string of the molecule is Cc1ccc2c(c1)C(C(=O)c1nnc(-c3ncccn3)o1)CN2Cc1ccc(Cl)cc1Cl. The lowest BCUT2D eigenvalue weighted by Gasteiger charge is -2.20. The van der Waals surface area contributed by atoms with Crippen molar-refractivity contribution in [2.24, 2.45) is 0 Å². The van der Waals surface area contributed by atoms with Crippen molar-refractivity contribution < 1.29 is 9.21 Å². The fraction of sp³-hybridized carbons (Fsp3) is 0.174. The smallest absolute Gasteiger partial charge is 0.286 e. The maximum absolute atomic E-state index is 13.4. The van der Waals surface area contributed by atoms with Crippen LogP contribution >= 0.6 is 23.2 Å². The summed E-state index contributed by atoms with van der Waals surface area (Å²) < 4.78 is 5.62. The Bertz CT molecular complexity index is 1310. The van der Waals surface area contributed by atoms with Gasteiger partial charge in [0, 0.05) is 41.2 Å². The quantitative estimate of drug-likeness (QED) is 0.377. The molecule has 0 bridgehead atoms. The van der Waals surface area contributed by atoms with E-state index in [1.54, 1.807) is 24.5 Å². The maximum Gasteiger partial charge on any atom is 0.286 e. The number of hydrogen-bond acceptors (Lipinski definition) is 7. The molecular weight excluding hydrogens is 449 g/mol. The van der Waals surface area contributed by atoms with Gasteiger partial charge < -0.3 is 9.32 Å². The first kappa shape index (κ1) is 20.6. The van der Waals surface area contributed by atoms with Gasteiger partial charge in [0.2, 0.25) is 11.6 Å². The highest BCUT2D eigenvalue weighted by molar-refractivity contribution is 6.35. The van der Waals surface area contributed by atoms with Crippen LogP contribution in [0.2, 0.25) is 10.0 Å². The molecule has 1 unspecified atom stereocenters. The second-order valence-corrected chi connectivity index (χ2v) is 8.42. The number of anilines is 1. The third-order valence-electron chi connectivity index (χ3n) is 5.39. The summed E-state index contributed by atoms with van der Waals surface area (Å²) in [7, 11) is 0. The molecule has 160 valence electrons. The van der Waals surface area contributed by atoms with E-state index in [-0.39, 0.29) is 23.4 Å². The fourth-order valence-electron chi connectivity index (χ4n) is 3.86. The fourth-order valence-corrected chi connectivity index (χ4v) is 4.33. The molecule has 2 aromatic heterocycles. The van der Waals surface area contributed by atoms with E-state index in [1.165, 1.54) is 0 Å². The van der Waals surface area contributed by atoms with Gasteiger partial charge >= 0.3 is 0 Å². The third kappa shape index (κ3) is 3.85. The van der Waals surface area contributed by atoms with Crippen molar-refractivity contribution in [1.82, 2.24) is 20.2 Å². The summed E-state index contributed by atoms with van der Waals surface area (Å²) in [5, 5.41) is 9.09. The minimum atomic E-state index is -0.444. The van der Waals surface area contributed by atoms with Gasteiger partial charge in [0.25, 0.3) is 11.8 Å². The zero-order chi connectivity index (χ0) is 22.2. The van der Waals surface area contributed by atoms with Crippen LogP contribution in [-0.4, -0.2) is 32.5 Å². The minimum absolute atomic E-state index is 0.0590. The number of rotatable bonds is 5. The molecule has 4 aromatic rings. The third-order valence-corrected chi connectivity index (χ3v) is 5.97. The number of hydrogen-bond donors (Lipinski definition) is 0. The predicted octanol–water partition coefficient (Wildman–Crippen LogP) is 5.13. The van der Waals surface area contributed by atoms with Crippen molar-refractivity contribution in [3.63, 3.8) is 0 Å². The zero-order valence-electron chi connectivity index (χ0n) is 17.0. The first-order valence-electron chi connectivity index (χ1n) is 9.94. The van der Waals surface area contributed by atoms with Gasteiger partial charge in [0.1, 0.15) is 0 Å².